The van der Waals surface area contributed by atoms with Crippen molar-refractivity contribution in [3.8, 4) is 0 Å². The van der Waals surface area contributed by atoms with E-state index in [2.05, 4.69) is 10.4 Å². The van der Waals surface area contributed by atoms with Crippen LogP contribution in [0.3, 0.4) is 0 Å². The molecular formula is C10H17NOS. The minimum Gasteiger partial charge on any atom is -0.393 e. The summed E-state index contributed by atoms with van der Waals surface area (Å²) in [5, 5.41) is 12.6. The van der Waals surface area contributed by atoms with Crippen molar-refractivity contribution in [3.63, 3.8) is 0 Å². The molecule has 1 N–H and O–H groups in total. The van der Waals surface area contributed by atoms with Crippen LogP contribution in [-0.4, -0.2) is 16.2 Å². The van der Waals surface area contributed by atoms with Gasteiger partial charge >= 0.3 is 0 Å². The fraction of sp³-hybridized carbons (Fsp3) is 0.700. The van der Waals surface area contributed by atoms with Crippen LogP contribution in [0, 0.1) is 6.92 Å². The maximum Gasteiger partial charge on any atom is 0.0897 e. The monoisotopic (exact) mass is 199 g/mol. The molecule has 0 spiro atoms. The number of aryl methyl sites for hydroxylation is 2. The summed E-state index contributed by atoms with van der Waals surface area (Å²) in [7, 11) is 0. The fourth-order valence-electron chi connectivity index (χ4n) is 1.25. The molecule has 0 fully saturated rings. The Morgan fingerprint density at radius 2 is 2.38 bits per heavy atom. The first-order valence-electron chi connectivity index (χ1n) is 4.81. The average Bonchev–Trinajstić information content (AvgIpc) is 2.51. The van der Waals surface area contributed by atoms with Gasteiger partial charge < -0.3 is 5.11 Å². The Kier molecular flexibility index (Phi) is 4.39. The van der Waals surface area contributed by atoms with Gasteiger partial charge in [0.25, 0.3) is 0 Å². The molecule has 74 valence electrons. The lowest BCUT2D eigenvalue weighted by Gasteiger charge is -2.05. The van der Waals surface area contributed by atoms with Gasteiger partial charge in [0.05, 0.1) is 16.8 Å². The number of nitrogens with zero attached hydrogens (tertiary/aromatic N) is 1. The van der Waals surface area contributed by atoms with Gasteiger partial charge in [-0.2, -0.15) is 0 Å². The van der Waals surface area contributed by atoms with E-state index >= 15 is 0 Å². The van der Waals surface area contributed by atoms with E-state index in [1.807, 2.05) is 13.8 Å². The third-order valence-electron chi connectivity index (χ3n) is 2.11. The van der Waals surface area contributed by atoms with Crippen LogP contribution in [0.15, 0.2) is 5.38 Å². The zero-order valence-electron chi connectivity index (χ0n) is 8.29. The molecule has 1 heterocycles. The Morgan fingerprint density at radius 1 is 1.62 bits per heavy atom. The van der Waals surface area contributed by atoms with E-state index in [0.717, 1.165) is 30.7 Å². The largest absolute Gasteiger partial charge is 0.393 e. The SMILES string of the molecule is CCC(O)CCCc1csc(C)n1. The molecule has 2 nitrogen and oxygen atoms in total. The number of aliphatic hydroxyl groups is 1. The number of aromatic nitrogens is 1. The summed E-state index contributed by atoms with van der Waals surface area (Å²) in [6.07, 6.45) is 3.67. The van der Waals surface area contributed by atoms with Gasteiger partial charge in [0.2, 0.25) is 0 Å². The van der Waals surface area contributed by atoms with Gasteiger partial charge in [0.15, 0.2) is 0 Å². The maximum absolute atomic E-state index is 9.32. The predicted molar refractivity (Wildman–Crippen MR) is 56.1 cm³/mol. The second-order valence-corrected chi connectivity index (χ2v) is 4.37. The molecule has 0 aromatic carbocycles. The Hall–Kier alpha value is -0.410. The van der Waals surface area contributed by atoms with Gasteiger partial charge in [-0.25, -0.2) is 4.98 Å². The van der Waals surface area contributed by atoms with Crippen molar-refractivity contribution in [3.05, 3.63) is 16.1 Å². The standard InChI is InChI=1S/C10H17NOS/c1-3-10(12)6-4-5-9-7-13-8(2)11-9/h7,10,12H,3-6H2,1-2H3. The fourth-order valence-corrected chi connectivity index (χ4v) is 1.89. The number of aliphatic hydroxyl groups excluding tert-OH is 1. The lowest BCUT2D eigenvalue weighted by Crippen LogP contribution is -2.04. The van der Waals surface area contributed by atoms with Crippen LogP contribution in [0.1, 0.15) is 36.9 Å². The first kappa shape index (κ1) is 10.7. The molecule has 0 aliphatic heterocycles. The second kappa shape index (κ2) is 5.35. The Bertz CT molecular complexity index is 247. The lowest BCUT2D eigenvalue weighted by molar-refractivity contribution is 0.157. The first-order valence-corrected chi connectivity index (χ1v) is 5.69. The topological polar surface area (TPSA) is 33.1 Å². The predicted octanol–water partition coefficient (Wildman–Crippen LogP) is 2.55. The summed E-state index contributed by atoms with van der Waals surface area (Å²) < 4.78 is 0. The highest BCUT2D eigenvalue weighted by molar-refractivity contribution is 7.09. The van der Waals surface area contributed by atoms with Gasteiger partial charge in [0, 0.05) is 5.38 Å². The van der Waals surface area contributed by atoms with E-state index in [9.17, 15) is 5.11 Å². The zero-order valence-corrected chi connectivity index (χ0v) is 9.10. The molecule has 0 bridgehead atoms. The summed E-state index contributed by atoms with van der Waals surface area (Å²) >= 11 is 1.70. The summed E-state index contributed by atoms with van der Waals surface area (Å²) in [6.45, 7) is 4.03. The van der Waals surface area contributed by atoms with Crippen molar-refractivity contribution in [2.75, 3.05) is 0 Å². The average molecular weight is 199 g/mol. The molecule has 0 radical (unpaired) electrons. The highest BCUT2D eigenvalue weighted by Gasteiger charge is 2.02. The van der Waals surface area contributed by atoms with Crippen molar-refractivity contribution in [2.45, 2.75) is 45.6 Å². The lowest BCUT2D eigenvalue weighted by atomic mass is 10.1. The summed E-state index contributed by atoms with van der Waals surface area (Å²) in [4.78, 5) is 4.37. The van der Waals surface area contributed by atoms with Crippen LogP contribution in [0.2, 0.25) is 0 Å². The van der Waals surface area contributed by atoms with E-state index in [-0.39, 0.29) is 6.10 Å². The molecular weight excluding hydrogens is 182 g/mol. The van der Waals surface area contributed by atoms with Gasteiger partial charge in [-0.15, -0.1) is 11.3 Å². The van der Waals surface area contributed by atoms with Crippen LogP contribution in [0.25, 0.3) is 0 Å². The molecule has 0 saturated heterocycles. The van der Waals surface area contributed by atoms with Crippen molar-refractivity contribution in [2.24, 2.45) is 0 Å². The molecule has 3 heteroatoms. The molecule has 0 saturated carbocycles. The number of rotatable bonds is 5. The summed E-state index contributed by atoms with van der Waals surface area (Å²) in [5.41, 5.74) is 1.17. The van der Waals surface area contributed by atoms with Crippen molar-refractivity contribution in [1.82, 2.24) is 4.98 Å². The molecule has 1 aromatic rings. The normalized spacial score (nSPS) is 13.2. The second-order valence-electron chi connectivity index (χ2n) is 3.31. The van der Waals surface area contributed by atoms with Crippen LogP contribution in [-0.2, 0) is 6.42 Å². The van der Waals surface area contributed by atoms with Crippen molar-refractivity contribution in [1.29, 1.82) is 0 Å². The van der Waals surface area contributed by atoms with Crippen molar-refractivity contribution < 1.29 is 5.11 Å². The van der Waals surface area contributed by atoms with E-state index < -0.39 is 0 Å². The maximum atomic E-state index is 9.32. The van der Waals surface area contributed by atoms with E-state index in [4.69, 9.17) is 0 Å². The van der Waals surface area contributed by atoms with Crippen LogP contribution < -0.4 is 0 Å². The molecule has 1 rings (SSSR count). The van der Waals surface area contributed by atoms with Crippen LogP contribution in [0.4, 0.5) is 0 Å². The van der Waals surface area contributed by atoms with E-state index in [0.29, 0.717) is 0 Å². The molecule has 0 aliphatic carbocycles. The highest BCUT2D eigenvalue weighted by atomic mass is 32.1. The third-order valence-corrected chi connectivity index (χ3v) is 2.93. The quantitative estimate of drug-likeness (QED) is 0.790. The Balaban J connectivity index is 2.20. The van der Waals surface area contributed by atoms with Crippen molar-refractivity contribution >= 4 is 11.3 Å². The number of hydrogen-bond donors (Lipinski definition) is 1. The van der Waals surface area contributed by atoms with E-state index in [1.165, 1.54) is 5.69 Å². The molecule has 1 aromatic heterocycles. The summed E-state index contributed by atoms with van der Waals surface area (Å²) in [5.74, 6) is 0. The van der Waals surface area contributed by atoms with Crippen LogP contribution >= 0.6 is 11.3 Å². The first-order chi connectivity index (χ1) is 6.22. The van der Waals surface area contributed by atoms with Crippen LogP contribution in [0.5, 0.6) is 0 Å². The van der Waals surface area contributed by atoms with Gasteiger partial charge in [-0.1, -0.05) is 6.92 Å². The minimum absolute atomic E-state index is 0.125. The molecule has 1 unspecified atom stereocenters. The number of thiazole rings is 1. The molecule has 0 amide bonds. The van der Waals surface area contributed by atoms with Gasteiger partial charge in [0.1, 0.15) is 0 Å². The Morgan fingerprint density at radius 3 is 2.92 bits per heavy atom. The third kappa shape index (κ3) is 3.87. The Labute approximate surface area is 83.6 Å². The smallest absolute Gasteiger partial charge is 0.0897 e. The van der Waals surface area contributed by atoms with Gasteiger partial charge in [-0.3, -0.25) is 0 Å². The van der Waals surface area contributed by atoms with Gasteiger partial charge in [-0.05, 0) is 32.6 Å². The molecule has 13 heavy (non-hydrogen) atoms. The number of hydrogen-bond acceptors (Lipinski definition) is 3. The highest BCUT2D eigenvalue weighted by Crippen LogP contribution is 2.11. The van der Waals surface area contributed by atoms with E-state index in [1.54, 1.807) is 11.3 Å². The summed E-state index contributed by atoms with van der Waals surface area (Å²) in [6, 6.07) is 0. The minimum atomic E-state index is -0.125. The molecule has 0 aliphatic rings. The molecule has 1 atom stereocenters. The zero-order chi connectivity index (χ0) is 9.68.